The van der Waals surface area contributed by atoms with Crippen molar-refractivity contribution < 1.29 is 26.5 Å². The van der Waals surface area contributed by atoms with Gasteiger partial charge in [0.1, 0.15) is 5.69 Å². The Labute approximate surface area is 163 Å². The molecule has 1 aliphatic heterocycles. The number of benzene rings is 1. The summed E-state index contributed by atoms with van der Waals surface area (Å²) in [6.45, 7) is 2.89. The van der Waals surface area contributed by atoms with Gasteiger partial charge in [0.2, 0.25) is 0 Å². The highest BCUT2D eigenvalue weighted by molar-refractivity contribution is 7.92. The molecule has 3 rings (SSSR count). The van der Waals surface area contributed by atoms with Crippen LogP contribution >= 0.6 is 11.3 Å². The van der Waals surface area contributed by atoms with E-state index in [0.717, 1.165) is 18.7 Å². The van der Waals surface area contributed by atoms with Gasteiger partial charge in [0, 0.05) is 43.7 Å². The molecule has 0 spiro atoms. The van der Waals surface area contributed by atoms with Gasteiger partial charge in [0.05, 0.1) is 9.82 Å². The molecule has 152 valence electrons. The number of hydrogen-bond acceptors (Lipinski definition) is 7. The number of anilines is 1. The molecule has 0 bridgehead atoms. The number of halogens is 3. The molecule has 1 saturated heterocycles. The van der Waals surface area contributed by atoms with E-state index in [2.05, 4.69) is 4.90 Å². The van der Waals surface area contributed by atoms with Crippen LogP contribution in [0.5, 0.6) is 0 Å². The largest absolute Gasteiger partial charge is 0.501 e. The zero-order chi connectivity index (χ0) is 20.5. The van der Waals surface area contributed by atoms with Crippen molar-refractivity contribution in [2.75, 3.05) is 31.1 Å². The van der Waals surface area contributed by atoms with Crippen molar-refractivity contribution in [2.24, 2.45) is 0 Å². The molecule has 12 heteroatoms. The van der Waals surface area contributed by atoms with Crippen molar-refractivity contribution in [3.8, 4) is 0 Å². The predicted octanol–water partition coefficient (Wildman–Crippen LogP) is 3.27. The quantitative estimate of drug-likeness (QED) is 0.530. The molecule has 1 aromatic carbocycles. The van der Waals surface area contributed by atoms with E-state index in [1.165, 1.54) is 4.88 Å². The van der Waals surface area contributed by atoms with Crippen molar-refractivity contribution in [1.29, 1.82) is 0 Å². The Balaban J connectivity index is 1.80. The van der Waals surface area contributed by atoms with Crippen LogP contribution < -0.4 is 4.90 Å². The molecule has 0 N–H and O–H groups in total. The Bertz CT molecular complexity index is 954. The number of hydrogen-bond donors (Lipinski definition) is 0. The van der Waals surface area contributed by atoms with Crippen LogP contribution in [0.1, 0.15) is 4.88 Å². The van der Waals surface area contributed by atoms with E-state index in [1.54, 1.807) is 16.2 Å². The standard InChI is InChI=1S/C16H16F3N3O4S2/c17-16(18,19)28(25,26)13-3-4-14(15(10-13)22(23)24)21-7-5-20(6-8-21)11-12-2-1-9-27-12/h1-4,9-10H,5-8,11H2. The number of piperazine rings is 1. The summed E-state index contributed by atoms with van der Waals surface area (Å²) in [6.07, 6.45) is 0. The average Bonchev–Trinajstić information content (AvgIpc) is 3.14. The first-order valence-corrected chi connectivity index (χ1v) is 10.6. The Morgan fingerprint density at radius 2 is 1.82 bits per heavy atom. The van der Waals surface area contributed by atoms with Gasteiger partial charge in [-0.2, -0.15) is 13.2 Å². The van der Waals surface area contributed by atoms with Gasteiger partial charge in [-0.15, -0.1) is 11.3 Å². The summed E-state index contributed by atoms with van der Waals surface area (Å²) in [5, 5.41) is 13.3. The van der Waals surface area contributed by atoms with Crippen LogP contribution in [0.2, 0.25) is 0 Å². The van der Waals surface area contributed by atoms with E-state index in [9.17, 15) is 31.7 Å². The summed E-state index contributed by atoms with van der Waals surface area (Å²) >= 11 is 1.63. The van der Waals surface area contributed by atoms with Crippen LogP contribution in [-0.4, -0.2) is 49.9 Å². The minimum Gasteiger partial charge on any atom is -0.363 e. The molecule has 0 atom stereocenters. The van der Waals surface area contributed by atoms with Gasteiger partial charge < -0.3 is 4.90 Å². The Morgan fingerprint density at radius 1 is 1.14 bits per heavy atom. The van der Waals surface area contributed by atoms with E-state index < -0.39 is 30.9 Å². The summed E-state index contributed by atoms with van der Waals surface area (Å²) in [6, 6.07) is 6.29. The van der Waals surface area contributed by atoms with Gasteiger partial charge >= 0.3 is 5.51 Å². The molecule has 7 nitrogen and oxygen atoms in total. The van der Waals surface area contributed by atoms with E-state index in [4.69, 9.17) is 0 Å². The van der Waals surface area contributed by atoms with Gasteiger partial charge in [-0.3, -0.25) is 15.0 Å². The van der Waals surface area contributed by atoms with Gasteiger partial charge in [0.25, 0.3) is 15.5 Å². The lowest BCUT2D eigenvalue weighted by molar-refractivity contribution is -0.384. The molecule has 0 aliphatic carbocycles. The van der Waals surface area contributed by atoms with Crippen LogP contribution in [0.25, 0.3) is 0 Å². The topological polar surface area (TPSA) is 83.8 Å². The number of thiophene rings is 1. The number of nitro groups is 1. The Morgan fingerprint density at radius 3 is 2.36 bits per heavy atom. The number of sulfone groups is 1. The van der Waals surface area contributed by atoms with Crippen LogP contribution in [0.3, 0.4) is 0 Å². The fourth-order valence-electron chi connectivity index (χ4n) is 2.99. The fraction of sp³-hybridized carbons (Fsp3) is 0.375. The molecule has 0 amide bonds. The molecular weight excluding hydrogens is 419 g/mol. The minimum atomic E-state index is -5.65. The lowest BCUT2D eigenvalue weighted by atomic mass is 10.2. The van der Waals surface area contributed by atoms with Gasteiger partial charge in [-0.25, -0.2) is 8.42 Å². The second-order valence-electron chi connectivity index (χ2n) is 6.20. The number of rotatable bonds is 5. The molecular formula is C16H16F3N3O4S2. The fourth-order valence-corrected chi connectivity index (χ4v) is 4.51. The third kappa shape index (κ3) is 4.13. The highest BCUT2D eigenvalue weighted by Gasteiger charge is 2.47. The van der Waals surface area contributed by atoms with Gasteiger partial charge in [0.15, 0.2) is 0 Å². The molecule has 1 fully saturated rings. The van der Waals surface area contributed by atoms with Gasteiger partial charge in [-0.1, -0.05) is 6.07 Å². The molecule has 2 aromatic rings. The maximum Gasteiger partial charge on any atom is 0.501 e. The number of nitrogens with zero attached hydrogens (tertiary/aromatic N) is 3. The third-order valence-corrected chi connectivity index (χ3v) is 6.78. The van der Waals surface area contributed by atoms with Crippen molar-refractivity contribution in [3.05, 3.63) is 50.7 Å². The second kappa shape index (κ2) is 7.68. The van der Waals surface area contributed by atoms with E-state index in [-0.39, 0.29) is 5.69 Å². The Hall–Kier alpha value is -2.18. The first-order chi connectivity index (χ1) is 13.1. The number of nitro benzene ring substituents is 1. The third-order valence-electron chi connectivity index (χ3n) is 4.43. The van der Waals surface area contributed by atoms with E-state index >= 15 is 0 Å². The molecule has 0 saturated carbocycles. The summed E-state index contributed by atoms with van der Waals surface area (Å²) in [7, 11) is -5.65. The average molecular weight is 435 g/mol. The lowest BCUT2D eigenvalue weighted by Crippen LogP contribution is -2.46. The molecule has 0 radical (unpaired) electrons. The summed E-state index contributed by atoms with van der Waals surface area (Å²) in [5.41, 5.74) is -6.06. The minimum absolute atomic E-state index is 0.113. The zero-order valence-electron chi connectivity index (χ0n) is 14.4. The maximum absolute atomic E-state index is 12.7. The van der Waals surface area contributed by atoms with Crippen LogP contribution in [0, 0.1) is 10.1 Å². The monoisotopic (exact) mass is 435 g/mol. The summed E-state index contributed by atoms with van der Waals surface area (Å²) in [5.74, 6) is 0. The van der Waals surface area contributed by atoms with E-state index in [0.29, 0.717) is 32.2 Å². The summed E-state index contributed by atoms with van der Waals surface area (Å²) in [4.78, 5) is 14.4. The molecule has 2 heterocycles. The summed E-state index contributed by atoms with van der Waals surface area (Å²) < 4.78 is 61.3. The molecule has 1 aliphatic rings. The van der Waals surface area contributed by atoms with E-state index in [1.807, 2.05) is 17.5 Å². The maximum atomic E-state index is 12.7. The molecule has 0 unspecified atom stereocenters. The van der Waals surface area contributed by atoms with Crippen molar-refractivity contribution in [2.45, 2.75) is 16.9 Å². The molecule has 1 aromatic heterocycles. The van der Waals surface area contributed by atoms with Crippen molar-refractivity contribution in [3.63, 3.8) is 0 Å². The highest BCUT2D eigenvalue weighted by Crippen LogP contribution is 2.36. The Kier molecular flexibility index (Phi) is 5.64. The zero-order valence-corrected chi connectivity index (χ0v) is 16.1. The second-order valence-corrected chi connectivity index (χ2v) is 9.17. The molecule has 28 heavy (non-hydrogen) atoms. The van der Waals surface area contributed by atoms with Gasteiger partial charge in [-0.05, 0) is 23.6 Å². The highest BCUT2D eigenvalue weighted by atomic mass is 32.2. The normalized spacial score (nSPS) is 16.3. The van der Waals surface area contributed by atoms with Crippen LogP contribution in [0.15, 0.2) is 40.6 Å². The smallest absolute Gasteiger partial charge is 0.363 e. The van der Waals surface area contributed by atoms with Crippen LogP contribution in [0.4, 0.5) is 24.5 Å². The van der Waals surface area contributed by atoms with Crippen LogP contribution in [-0.2, 0) is 16.4 Å². The SMILES string of the molecule is O=[N+]([O-])c1cc(S(=O)(=O)C(F)(F)F)ccc1N1CCN(Cc2cccs2)CC1. The predicted molar refractivity (Wildman–Crippen MR) is 98.1 cm³/mol. The first kappa shape index (κ1) is 20.6. The first-order valence-electron chi connectivity index (χ1n) is 8.19. The van der Waals surface area contributed by atoms with Crippen molar-refractivity contribution in [1.82, 2.24) is 4.90 Å². The van der Waals surface area contributed by atoms with Crippen molar-refractivity contribution >= 4 is 32.5 Å². The number of alkyl halides is 3. The lowest BCUT2D eigenvalue weighted by Gasteiger charge is -2.35.